The first-order chi connectivity index (χ1) is 10.1. The number of hydrogen-bond donors (Lipinski definition) is 1. The van der Waals surface area contributed by atoms with Crippen LogP contribution in [0, 0.1) is 12.7 Å². The van der Waals surface area contributed by atoms with E-state index in [1.54, 1.807) is 6.07 Å². The number of rotatable bonds is 6. The molecule has 4 heteroatoms. The number of halogens is 2. The van der Waals surface area contributed by atoms with Gasteiger partial charge in [-0.2, -0.15) is 0 Å². The monoisotopic (exact) mass is 351 g/mol. The topological polar surface area (TPSA) is 21.3 Å². The van der Waals surface area contributed by atoms with Crippen molar-refractivity contribution in [1.82, 2.24) is 5.32 Å². The predicted molar refractivity (Wildman–Crippen MR) is 87.2 cm³/mol. The quantitative estimate of drug-likeness (QED) is 0.766. The summed E-state index contributed by atoms with van der Waals surface area (Å²) < 4.78 is 19.5. The van der Waals surface area contributed by atoms with Crippen LogP contribution in [0.4, 0.5) is 4.39 Å². The summed E-state index contributed by atoms with van der Waals surface area (Å²) in [5.74, 6) is 0.646. The maximum absolute atomic E-state index is 13.1. The number of ether oxygens (including phenoxy) is 1. The Labute approximate surface area is 133 Å². The molecule has 0 saturated heterocycles. The summed E-state index contributed by atoms with van der Waals surface area (Å²) in [5.41, 5.74) is 2.22. The molecule has 2 aromatic carbocycles. The van der Waals surface area contributed by atoms with E-state index in [2.05, 4.69) is 21.2 Å². The van der Waals surface area contributed by atoms with Crippen LogP contribution < -0.4 is 10.1 Å². The molecule has 0 aliphatic heterocycles. The lowest BCUT2D eigenvalue weighted by Crippen LogP contribution is -2.24. The van der Waals surface area contributed by atoms with Crippen LogP contribution >= 0.6 is 15.9 Å². The third kappa shape index (κ3) is 4.83. The molecule has 0 bridgehead atoms. The Balaban J connectivity index is 1.80. The second-order valence-electron chi connectivity index (χ2n) is 5.01. The summed E-state index contributed by atoms with van der Waals surface area (Å²) in [6.45, 7) is 5.40. The smallest absolute Gasteiger partial charge is 0.124 e. The van der Waals surface area contributed by atoms with E-state index in [4.69, 9.17) is 4.74 Å². The van der Waals surface area contributed by atoms with Crippen LogP contribution in [0.2, 0.25) is 0 Å². The SMILES string of the molecule is Cc1cccc(OCCNC(C)c2ccc(F)cc2Br)c1. The van der Waals surface area contributed by atoms with Gasteiger partial charge in [0, 0.05) is 17.1 Å². The average molecular weight is 352 g/mol. The molecule has 2 aromatic rings. The minimum atomic E-state index is -0.236. The number of nitrogens with one attached hydrogen (secondary N) is 1. The van der Waals surface area contributed by atoms with E-state index in [-0.39, 0.29) is 11.9 Å². The van der Waals surface area contributed by atoms with Gasteiger partial charge >= 0.3 is 0 Å². The molecule has 112 valence electrons. The van der Waals surface area contributed by atoms with E-state index >= 15 is 0 Å². The molecule has 0 radical (unpaired) electrons. The van der Waals surface area contributed by atoms with Crippen molar-refractivity contribution in [2.45, 2.75) is 19.9 Å². The Morgan fingerprint density at radius 3 is 2.76 bits per heavy atom. The maximum Gasteiger partial charge on any atom is 0.124 e. The van der Waals surface area contributed by atoms with Crippen LogP contribution in [-0.2, 0) is 0 Å². The zero-order chi connectivity index (χ0) is 15.2. The fourth-order valence-electron chi connectivity index (χ4n) is 2.11. The van der Waals surface area contributed by atoms with Gasteiger partial charge in [-0.15, -0.1) is 0 Å². The lowest BCUT2D eigenvalue weighted by Gasteiger charge is -2.16. The molecule has 21 heavy (non-hydrogen) atoms. The summed E-state index contributed by atoms with van der Waals surface area (Å²) >= 11 is 3.39. The van der Waals surface area contributed by atoms with Crippen LogP contribution in [0.15, 0.2) is 46.9 Å². The average Bonchev–Trinajstić information content (AvgIpc) is 2.43. The zero-order valence-corrected chi connectivity index (χ0v) is 13.8. The second kappa shape index (κ2) is 7.57. The van der Waals surface area contributed by atoms with Gasteiger partial charge in [-0.1, -0.05) is 34.1 Å². The molecule has 2 rings (SSSR count). The standard InChI is InChI=1S/C17H19BrFNO/c1-12-4-3-5-15(10-12)21-9-8-20-13(2)16-7-6-14(19)11-17(16)18/h3-7,10-11,13,20H,8-9H2,1-2H3. The van der Waals surface area contributed by atoms with E-state index < -0.39 is 0 Å². The van der Waals surface area contributed by atoms with Gasteiger partial charge < -0.3 is 10.1 Å². The van der Waals surface area contributed by atoms with E-state index in [0.717, 1.165) is 22.3 Å². The number of benzene rings is 2. The van der Waals surface area contributed by atoms with Crippen LogP contribution in [0.3, 0.4) is 0 Å². The first kappa shape index (κ1) is 16.0. The fraction of sp³-hybridized carbons (Fsp3) is 0.294. The minimum Gasteiger partial charge on any atom is -0.492 e. The summed E-state index contributed by atoms with van der Waals surface area (Å²) in [5, 5.41) is 3.37. The Morgan fingerprint density at radius 2 is 2.05 bits per heavy atom. The molecule has 0 fully saturated rings. The largest absolute Gasteiger partial charge is 0.492 e. The van der Waals surface area contributed by atoms with Crippen molar-refractivity contribution in [3.8, 4) is 5.75 Å². The normalized spacial score (nSPS) is 12.2. The molecular weight excluding hydrogens is 333 g/mol. The van der Waals surface area contributed by atoms with E-state index in [1.165, 1.54) is 17.7 Å². The Hall–Kier alpha value is -1.39. The molecule has 1 N–H and O–H groups in total. The fourth-order valence-corrected chi connectivity index (χ4v) is 2.81. The van der Waals surface area contributed by atoms with Gasteiger partial charge in [0.15, 0.2) is 0 Å². The van der Waals surface area contributed by atoms with Gasteiger partial charge in [0.25, 0.3) is 0 Å². The molecule has 1 unspecified atom stereocenters. The highest BCUT2D eigenvalue weighted by molar-refractivity contribution is 9.10. The van der Waals surface area contributed by atoms with Crippen LogP contribution in [-0.4, -0.2) is 13.2 Å². The molecule has 0 saturated carbocycles. The Kier molecular flexibility index (Phi) is 5.76. The highest BCUT2D eigenvalue weighted by Crippen LogP contribution is 2.24. The summed E-state index contributed by atoms with van der Waals surface area (Å²) in [7, 11) is 0. The molecular formula is C17H19BrFNO. The highest BCUT2D eigenvalue weighted by Gasteiger charge is 2.09. The molecule has 0 amide bonds. The van der Waals surface area contributed by atoms with Crippen molar-refractivity contribution in [1.29, 1.82) is 0 Å². The summed E-state index contributed by atoms with van der Waals surface area (Å²) in [6.07, 6.45) is 0. The van der Waals surface area contributed by atoms with Gasteiger partial charge in [0.05, 0.1) is 0 Å². The third-order valence-electron chi connectivity index (χ3n) is 3.24. The van der Waals surface area contributed by atoms with Gasteiger partial charge in [-0.25, -0.2) is 4.39 Å². The summed E-state index contributed by atoms with van der Waals surface area (Å²) in [4.78, 5) is 0. The van der Waals surface area contributed by atoms with Gasteiger partial charge in [0.2, 0.25) is 0 Å². The van der Waals surface area contributed by atoms with Crippen molar-refractivity contribution in [3.63, 3.8) is 0 Å². The molecule has 0 aliphatic carbocycles. The van der Waals surface area contributed by atoms with E-state index in [1.807, 2.05) is 38.1 Å². The molecule has 0 heterocycles. The van der Waals surface area contributed by atoms with Gasteiger partial charge in [0.1, 0.15) is 18.2 Å². The van der Waals surface area contributed by atoms with Gasteiger partial charge in [-0.3, -0.25) is 0 Å². The maximum atomic E-state index is 13.1. The van der Waals surface area contributed by atoms with Crippen LogP contribution in [0.5, 0.6) is 5.75 Å². The van der Waals surface area contributed by atoms with Crippen molar-refractivity contribution in [3.05, 3.63) is 63.9 Å². The Morgan fingerprint density at radius 1 is 1.24 bits per heavy atom. The molecule has 2 nitrogen and oxygen atoms in total. The summed E-state index contributed by atoms with van der Waals surface area (Å²) in [6, 6.07) is 12.9. The van der Waals surface area contributed by atoms with E-state index in [0.29, 0.717) is 6.61 Å². The lowest BCUT2D eigenvalue weighted by atomic mass is 10.1. The molecule has 0 spiro atoms. The van der Waals surface area contributed by atoms with Crippen molar-refractivity contribution < 1.29 is 9.13 Å². The zero-order valence-electron chi connectivity index (χ0n) is 12.2. The van der Waals surface area contributed by atoms with Crippen molar-refractivity contribution >= 4 is 15.9 Å². The number of aryl methyl sites for hydroxylation is 1. The Bertz CT molecular complexity index is 603. The van der Waals surface area contributed by atoms with Gasteiger partial charge in [-0.05, 0) is 49.2 Å². The van der Waals surface area contributed by atoms with Crippen LogP contribution in [0.25, 0.3) is 0 Å². The first-order valence-corrected chi connectivity index (χ1v) is 7.73. The van der Waals surface area contributed by atoms with E-state index in [9.17, 15) is 4.39 Å². The molecule has 1 atom stereocenters. The highest BCUT2D eigenvalue weighted by atomic mass is 79.9. The first-order valence-electron chi connectivity index (χ1n) is 6.94. The third-order valence-corrected chi connectivity index (χ3v) is 3.93. The lowest BCUT2D eigenvalue weighted by molar-refractivity contribution is 0.307. The number of hydrogen-bond acceptors (Lipinski definition) is 2. The minimum absolute atomic E-state index is 0.126. The molecule has 0 aromatic heterocycles. The molecule has 0 aliphatic rings. The van der Waals surface area contributed by atoms with Crippen molar-refractivity contribution in [2.75, 3.05) is 13.2 Å². The predicted octanol–water partition coefficient (Wildman–Crippen LogP) is 4.63. The van der Waals surface area contributed by atoms with Crippen molar-refractivity contribution in [2.24, 2.45) is 0 Å². The second-order valence-corrected chi connectivity index (χ2v) is 5.86. The van der Waals surface area contributed by atoms with Crippen LogP contribution in [0.1, 0.15) is 24.1 Å².